The number of amides is 1. The number of hydrogen-bond donors (Lipinski definition) is 0. The van der Waals surface area contributed by atoms with E-state index >= 15 is 0 Å². The normalized spacial score (nSPS) is 20.3. The average Bonchev–Trinajstić information content (AvgIpc) is 2.97. The number of esters is 1. The largest absolute Gasteiger partial charge is 0.468 e. The van der Waals surface area contributed by atoms with Gasteiger partial charge in [-0.2, -0.15) is 0 Å². The number of benzene rings is 1. The number of aromatic nitrogens is 2. The van der Waals surface area contributed by atoms with E-state index in [1.807, 2.05) is 33.7 Å². The lowest BCUT2D eigenvalue weighted by atomic mass is 9.97. The van der Waals surface area contributed by atoms with Crippen molar-refractivity contribution in [3.8, 4) is 0 Å². The van der Waals surface area contributed by atoms with E-state index in [4.69, 9.17) is 4.74 Å². The highest BCUT2D eigenvalue weighted by atomic mass is 32.2. The van der Waals surface area contributed by atoms with Gasteiger partial charge in [0.05, 0.1) is 23.9 Å². The Hall–Kier alpha value is -2.02. The van der Waals surface area contributed by atoms with Gasteiger partial charge in [-0.15, -0.1) is 0 Å². The van der Waals surface area contributed by atoms with Crippen LogP contribution >= 0.6 is 11.8 Å². The molecule has 1 aromatic heterocycles. The highest BCUT2D eigenvalue weighted by Crippen LogP contribution is 2.27. The van der Waals surface area contributed by atoms with Crippen LogP contribution in [0, 0.1) is 0 Å². The summed E-state index contributed by atoms with van der Waals surface area (Å²) < 4.78 is 6.63. The number of piperidine rings is 1. The van der Waals surface area contributed by atoms with Gasteiger partial charge in [0.25, 0.3) is 0 Å². The Labute approximate surface area is 157 Å². The molecule has 1 aromatic carbocycles. The minimum Gasteiger partial charge on any atom is -0.468 e. The first-order valence-electron chi connectivity index (χ1n) is 8.97. The summed E-state index contributed by atoms with van der Waals surface area (Å²) in [5.74, 6) is -0.0316. The Morgan fingerprint density at radius 1 is 1.23 bits per heavy atom. The lowest BCUT2D eigenvalue weighted by Gasteiger charge is -2.39. The van der Waals surface area contributed by atoms with E-state index in [-0.39, 0.29) is 36.3 Å². The monoisotopic (exact) mass is 375 g/mol. The Morgan fingerprint density at radius 3 is 2.62 bits per heavy atom. The second kappa shape index (κ2) is 8.12. The fourth-order valence-corrected chi connectivity index (χ4v) is 4.48. The Morgan fingerprint density at radius 2 is 1.92 bits per heavy atom. The molecule has 0 saturated carbocycles. The molecular weight excluding hydrogens is 350 g/mol. The number of fused-ring (bicyclic) bond motifs is 1. The second-order valence-electron chi connectivity index (χ2n) is 6.76. The van der Waals surface area contributed by atoms with Gasteiger partial charge in [0.15, 0.2) is 5.16 Å². The van der Waals surface area contributed by atoms with Crippen LogP contribution in [0.5, 0.6) is 0 Å². The first kappa shape index (κ1) is 18.8. The van der Waals surface area contributed by atoms with Crippen molar-refractivity contribution >= 4 is 34.7 Å². The van der Waals surface area contributed by atoms with Gasteiger partial charge >= 0.3 is 5.97 Å². The van der Waals surface area contributed by atoms with Gasteiger partial charge in [0, 0.05) is 12.1 Å². The molecule has 3 rings (SSSR count). The number of imidazole rings is 1. The van der Waals surface area contributed by atoms with Crippen LogP contribution in [-0.2, 0) is 20.9 Å². The minimum atomic E-state index is -0.307. The van der Waals surface area contributed by atoms with Crippen molar-refractivity contribution in [2.75, 3.05) is 12.9 Å². The fraction of sp³-hybridized carbons (Fsp3) is 0.526. The van der Waals surface area contributed by atoms with E-state index in [2.05, 4.69) is 18.8 Å². The number of methoxy groups -OCH3 is 1. The topological polar surface area (TPSA) is 64.4 Å². The number of likely N-dealkylation sites (tertiary alicyclic amines) is 1. The number of carbonyl (C=O) groups is 2. The lowest BCUT2D eigenvalue weighted by Crippen LogP contribution is -2.48. The average molecular weight is 375 g/mol. The zero-order valence-electron chi connectivity index (χ0n) is 15.5. The maximum Gasteiger partial charge on any atom is 0.316 e. The first-order valence-corrected chi connectivity index (χ1v) is 9.96. The predicted molar refractivity (Wildman–Crippen MR) is 102 cm³/mol. The van der Waals surface area contributed by atoms with Crippen LogP contribution in [0.3, 0.4) is 0 Å². The zero-order valence-corrected chi connectivity index (χ0v) is 16.3. The summed E-state index contributed by atoms with van der Waals surface area (Å²) in [5, 5.41) is 0.669. The molecule has 1 saturated heterocycles. The predicted octanol–water partition coefficient (Wildman–Crippen LogP) is 3.09. The number of carbonyl (C=O) groups excluding carboxylic acids is 2. The number of thioether (sulfide) groups is 1. The standard InChI is InChI=1S/C19H25N3O3S/c1-13-7-6-8-14(2)22(13)17(23)11-21-16-10-5-4-9-15(16)20-19(21)26-12-18(24)25-3/h4-5,9-10,13-14H,6-8,11-12H2,1-3H3/t13-,14+. The van der Waals surface area contributed by atoms with E-state index < -0.39 is 0 Å². The summed E-state index contributed by atoms with van der Waals surface area (Å²) >= 11 is 1.30. The molecule has 1 aliphatic rings. The van der Waals surface area contributed by atoms with Crippen LogP contribution in [0.25, 0.3) is 11.0 Å². The van der Waals surface area contributed by atoms with Gasteiger partial charge in [0.1, 0.15) is 6.54 Å². The van der Waals surface area contributed by atoms with Crippen LogP contribution < -0.4 is 0 Å². The molecule has 0 radical (unpaired) electrons. The van der Waals surface area contributed by atoms with E-state index in [1.165, 1.54) is 25.3 Å². The molecule has 0 spiro atoms. The summed E-state index contributed by atoms with van der Waals surface area (Å²) in [6.45, 7) is 4.47. The van der Waals surface area contributed by atoms with Gasteiger partial charge in [-0.3, -0.25) is 9.59 Å². The summed E-state index contributed by atoms with van der Waals surface area (Å²) in [4.78, 5) is 31.2. The fourth-order valence-electron chi connectivity index (χ4n) is 3.63. The number of rotatable bonds is 5. The highest BCUT2D eigenvalue weighted by Gasteiger charge is 2.29. The van der Waals surface area contributed by atoms with Gasteiger partial charge in [-0.05, 0) is 45.2 Å². The maximum absolute atomic E-state index is 13.1. The SMILES string of the molecule is COC(=O)CSc1nc2ccccc2n1CC(=O)N1[C@H](C)CCC[C@@H]1C. The number of nitrogens with zero attached hydrogens (tertiary/aromatic N) is 3. The molecule has 7 heteroatoms. The molecule has 0 N–H and O–H groups in total. The van der Waals surface area contributed by atoms with Crippen LogP contribution in [0.4, 0.5) is 0 Å². The Kier molecular flexibility index (Phi) is 5.86. The quantitative estimate of drug-likeness (QED) is 0.594. The molecule has 140 valence electrons. The molecule has 1 amide bonds. The highest BCUT2D eigenvalue weighted by molar-refractivity contribution is 7.99. The number of para-hydroxylation sites is 2. The zero-order chi connectivity index (χ0) is 18.7. The van der Waals surface area contributed by atoms with E-state index in [1.54, 1.807) is 0 Å². The smallest absolute Gasteiger partial charge is 0.316 e. The summed E-state index contributed by atoms with van der Waals surface area (Å²) in [6.07, 6.45) is 3.26. The van der Waals surface area contributed by atoms with Gasteiger partial charge in [-0.25, -0.2) is 4.98 Å². The van der Waals surface area contributed by atoms with Crippen molar-refractivity contribution < 1.29 is 14.3 Å². The molecule has 1 fully saturated rings. The Bertz CT molecular complexity index is 794. The third-order valence-electron chi connectivity index (χ3n) is 4.94. The third kappa shape index (κ3) is 3.87. The minimum absolute atomic E-state index is 0.104. The number of hydrogen-bond acceptors (Lipinski definition) is 5. The van der Waals surface area contributed by atoms with Crippen molar-refractivity contribution in [1.29, 1.82) is 0 Å². The van der Waals surface area contributed by atoms with Crippen molar-refractivity contribution in [2.24, 2.45) is 0 Å². The van der Waals surface area contributed by atoms with Crippen molar-refractivity contribution in [3.63, 3.8) is 0 Å². The molecule has 6 nitrogen and oxygen atoms in total. The molecule has 2 heterocycles. The van der Waals surface area contributed by atoms with Crippen LogP contribution in [0.1, 0.15) is 33.1 Å². The molecule has 26 heavy (non-hydrogen) atoms. The molecule has 0 unspecified atom stereocenters. The molecule has 1 aliphatic heterocycles. The van der Waals surface area contributed by atoms with Gasteiger partial charge < -0.3 is 14.2 Å². The second-order valence-corrected chi connectivity index (χ2v) is 7.71. The van der Waals surface area contributed by atoms with E-state index in [0.717, 1.165) is 23.9 Å². The molecular formula is C19H25N3O3S. The van der Waals surface area contributed by atoms with Crippen molar-refractivity contribution in [1.82, 2.24) is 14.5 Å². The third-order valence-corrected chi connectivity index (χ3v) is 5.89. The van der Waals surface area contributed by atoms with E-state index in [0.29, 0.717) is 5.16 Å². The summed E-state index contributed by atoms with van der Waals surface area (Å²) in [7, 11) is 1.37. The maximum atomic E-state index is 13.1. The van der Waals surface area contributed by atoms with Crippen LogP contribution in [0.15, 0.2) is 29.4 Å². The molecule has 0 bridgehead atoms. The van der Waals surface area contributed by atoms with E-state index in [9.17, 15) is 9.59 Å². The first-order chi connectivity index (χ1) is 12.5. The molecule has 2 atom stereocenters. The van der Waals surface area contributed by atoms with Gasteiger partial charge in [0.2, 0.25) is 5.91 Å². The van der Waals surface area contributed by atoms with Crippen molar-refractivity contribution in [2.45, 2.75) is 56.9 Å². The number of ether oxygens (including phenoxy) is 1. The summed E-state index contributed by atoms with van der Waals surface area (Å²) in [5.41, 5.74) is 1.73. The van der Waals surface area contributed by atoms with Crippen LogP contribution in [-0.4, -0.2) is 51.3 Å². The lowest BCUT2D eigenvalue weighted by molar-refractivity contribution is -0.138. The van der Waals surface area contributed by atoms with Crippen LogP contribution in [0.2, 0.25) is 0 Å². The summed E-state index contributed by atoms with van der Waals surface area (Å²) in [6, 6.07) is 8.25. The van der Waals surface area contributed by atoms with Gasteiger partial charge in [-0.1, -0.05) is 23.9 Å². The van der Waals surface area contributed by atoms with Crippen molar-refractivity contribution in [3.05, 3.63) is 24.3 Å². The molecule has 2 aromatic rings. The molecule has 0 aliphatic carbocycles. The Balaban J connectivity index is 1.87.